The molecule has 2 nitrogen and oxygen atoms in total. The maximum Gasteiger partial charge on any atom is 0.123 e. The number of phenolic OH excluding ortho intramolecular Hbond substituents is 1. The van der Waals surface area contributed by atoms with Crippen molar-refractivity contribution in [1.29, 1.82) is 0 Å². The Bertz CT molecular complexity index is 765. The van der Waals surface area contributed by atoms with Gasteiger partial charge in [-0.25, -0.2) is 0 Å². The number of hydrogen-bond donors (Lipinski definition) is 2. The first-order chi connectivity index (χ1) is 11.8. The average Bonchev–Trinajstić information content (AvgIpc) is 2.63. The minimum Gasteiger partial charge on any atom is -0.507 e. The van der Waals surface area contributed by atoms with E-state index >= 15 is 0 Å². The van der Waals surface area contributed by atoms with Crippen LogP contribution in [0.25, 0.3) is 11.1 Å². The lowest BCUT2D eigenvalue weighted by Crippen LogP contribution is -2.59. The van der Waals surface area contributed by atoms with E-state index in [0.29, 0.717) is 17.2 Å². The number of fused-ring (bicyclic) bond motifs is 1. The van der Waals surface area contributed by atoms with Gasteiger partial charge in [0.15, 0.2) is 0 Å². The van der Waals surface area contributed by atoms with Gasteiger partial charge in [-0.05, 0) is 67.0 Å². The van der Waals surface area contributed by atoms with Crippen LogP contribution in [-0.4, -0.2) is 17.7 Å². The van der Waals surface area contributed by atoms with Crippen LogP contribution >= 0.6 is 0 Å². The standard InChI is InChI=1S/C22H25NO/c24-21-14-19-16(12-17(21)15-6-2-1-3-7-15)13-20-18-8-4-5-9-22(18,19)10-11-23-20/h1-3,6-7,12,14,18,20,23-24H,4-5,8-11,13H2/t18-,20+,22+/m0/s1. The molecule has 0 spiro atoms. The summed E-state index contributed by atoms with van der Waals surface area (Å²) in [5, 5.41) is 14.6. The lowest BCUT2D eigenvalue weighted by atomic mass is 9.52. The molecule has 2 bridgehead atoms. The first-order valence-electron chi connectivity index (χ1n) is 9.43. The Morgan fingerprint density at radius 2 is 1.92 bits per heavy atom. The van der Waals surface area contributed by atoms with Crippen molar-refractivity contribution >= 4 is 0 Å². The normalized spacial score (nSPS) is 31.2. The molecule has 0 aromatic heterocycles. The largest absolute Gasteiger partial charge is 0.507 e. The smallest absolute Gasteiger partial charge is 0.123 e. The topological polar surface area (TPSA) is 32.3 Å². The van der Waals surface area contributed by atoms with Gasteiger partial charge in [-0.1, -0.05) is 43.2 Å². The van der Waals surface area contributed by atoms with E-state index in [1.807, 2.05) is 18.2 Å². The van der Waals surface area contributed by atoms with E-state index in [2.05, 4.69) is 29.6 Å². The van der Waals surface area contributed by atoms with Crippen LogP contribution in [0.15, 0.2) is 42.5 Å². The Morgan fingerprint density at radius 1 is 1.04 bits per heavy atom. The van der Waals surface area contributed by atoms with Crippen molar-refractivity contribution in [2.45, 2.75) is 50.0 Å². The zero-order chi connectivity index (χ0) is 16.1. The van der Waals surface area contributed by atoms with Gasteiger partial charge < -0.3 is 10.4 Å². The molecule has 0 unspecified atom stereocenters. The van der Waals surface area contributed by atoms with Crippen LogP contribution in [0.4, 0.5) is 0 Å². The zero-order valence-corrected chi connectivity index (χ0v) is 14.1. The molecule has 2 aliphatic carbocycles. The molecular formula is C22H25NO. The summed E-state index contributed by atoms with van der Waals surface area (Å²) in [6.07, 6.45) is 7.69. The van der Waals surface area contributed by atoms with Crippen LogP contribution < -0.4 is 5.32 Å². The molecule has 3 atom stereocenters. The number of nitrogens with one attached hydrogen (secondary N) is 1. The Labute approximate surface area is 143 Å². The van der Waals surface area contributed by atoms with E-state index in [-0.39, 0.29) is 0 Å². The molecule has 1 aliphatic heterocycles. The highest BCUT2D eigenvalue weighted by molar-refractivity contribution is 5.72. The van der Waals surface area contributed by atoms with Crippen molar-refractivity contribution in [3.63, 3.8) is 0 Å². The van der Waals surface area contributed by atoms with Crippen molar-refractivity contribution < 1.29 is 5.11 Å². The number of piperidine rings is 1. The molecule has 5 rings (SSSR count). The number of rotatable bonds is 1. The Hall–Kier alpha value is -1.80. The number of benzene rings is 2. The zero-order valence-electron chi connectivity index (χ0n) is 14.1. The molecule has 3 aliphatic rings. The van der Waals surface area contributed by atoms with Crippen molar-refractivity contribution in [2.75, 3.05) is 6.54 Å². The van der Waals surface area contributed by atoms with Gasteiger partial charge in [0.25, 0.3) is 0 Å². The van der Waals surface area contributed by atoms with E-state index in [0.717, 1.165) is 30.0 Å². The fourth-order valence-corrected chi connectivity index (χ4v) is 5.82. The van der Waals surface area contributed by atoms with Gasteiger partial charge in [0, 0.05) is 17.0 Å². The van der Waals surface area contributed by atoms with Crippen LogP contribution in [0.3, 0.4) is 0 Å². The van der Waals surface area contributed by atoms with Crippen LogP contribution in [-0.2, 0) is 11.8 Å². The van der Waals surface area contributed by atoms with Crippen molar-refractivity contribution in [2.24, 2.45) is 5.92 Å². The predicted molar refractivity (Wildman–Crippen MR) is 97.3 cm³/mol. The van der Waals surface area contributed by atoms with E-state index < -0.39 is 0 Å². The van der Waals surface area contributed by atoms with Crippen LogP contribution in [0.5, 0.6) is 5.75 Å². The molecule has 1 saturated carbocycles. The maximum absolute atomic E-state index is 10.8. The Balaban J connectivity index is 1.68. The molecule has 2 fully saturated rings. The predicted octanol–water partition coefficient (Wildman–Crippen LogP) is 4.41. The fraction of sp³-hybridized carbons (Fsp3) is 0.455. The first-order valence-corrected chi connectivity index (χ1v) is 9.43. The van der Waals surface area contributed by atoms with Crippen LogP contribution in [0.1, 0.15) is 43.2 Å². The Kier molecular flexibility index (Phi) is 3.24. The molecule has 1 heterocycles. The van der Waals surface area contributed by atoms with Gasteiger partial charge in [-0.15, -0.1) is 0 Å². The monoisotopic (exact) mass is 319 g/mol. The van der Waals surface area contributed by atoms with E-state index in [1.54, 1.807) is 0 Å². The van der Waals surface area contributed by atoms with E-state index in [4.69, 9.17) is 0 Å². The number of aromatic hydroxyl groups is 1. The third-order valence-corrected chi connectivity index (χ3v) is 6.84. The lowest BCUT2D eigenvalue weighted by Gasteiger charge is -2.56. The maximum atomic E-state index is 10.8. The summed E-state index contributed by atoms with van der Waals surface area (Å²) in [6.45, 7) is 1.13. The molecule has 2 aromatic carbocycles. The van der Waals surface area contributed by atoms with Crippen molar-refractivity contribution in [1.82, 2.24) is 5.32 Å². The summed E-state index contributed by atoms with van der Waals surface area (Å²) >= 11 is 0. The first kappa shape index (κ1) is 14.5. The average molecular weight is 319 g/mol. The van der Waals surface area contributed by atoms with Crippen molar-refractivity contribution in [3.05, 3.63) is 53.6 Å². The highest BCUT2D eigenvalue weighted by atomic mass is 16.3. The molecule has 2 heteroatoms. The van der Waals surface area contributed by atoms with Crippen molar-refractivity contribution in [3.8, 4) is 16.9 Å². The number of phenols is 1. The third-order valence-electron chi connectivity index (χ3n) is 6.84. The second-order valence-electron chi connectivity index (χ2n) is 7.92. The van der Waals surface area contributed by atoms with Gasteiger partial charge in [0.1, 0.15) is 5.75 Å². The Morgan fingerprint density at radius 3 is 2.79 bits per heavy atom. The van der Waals surface area contributed by atoms with Gasteiger partial charge in [-0.3, -0.25) is 0 Å². The molecule has 2 N–H and O–H groups in total. The quantitative estimate of drug-likeness (QED) is 0.816. The molecule has 2 aromatic rings. The minimum absolute atomic E-state index is 0.314. The highest BCUT2D eigenvalue weighted by Gasteiger charge is 2.51. The van der Waals surface area contributed by atoms with Gasteiger partial charge in [0.05, 0.1) is 0 Å². The second kappa shape index (κ2) is 5.35. The number of hydrogen-bond acceptors (Lipinski definition) is 2. The summed E-state index contributed by atoms with van der Waals surface area (Å²) < 4.78 is 0. The van der Waals surface area contributed by atoms with Crippen LogP contribution in [0, 0.1) is 5.92 Å². The second-order valence-corrected chi connectivity index (χ2v) is 7.92. The molecule has 0 amide bonds. The third kappa shape index (κ3) is 1.99. The van der Waals surface area contributed by atoms with E-state index in [9.17, 15) is 5.11 Å². The molecule has 1 saturated heterocycles. The molecule has 24 heavy (non-hydrogen) atoms. The highest BCUT2D eigenvalue weighted by Crippen LogP contribution is 2.55. The summed E-state index contributed by atoms with van der Waals surface area (Å²) in [7, 11) is 0. The van der Waals surface area contributed by atoms with Gasteiger partial charge >= 0.3 is 0 Å². The van der Waals surface area contributed by atoms with Crippen LogP contribution in [0.2, 0.25) is 0 Å². The van der Waals surface area contributed by atoms with E-state index in [1.165, 1.54) is 43.2 Å². The summed E-state index contributed by atoms with van der Waals surface area (Å²) in [5.41, 5.74) is 5.33. The van der Waals surface area contributed by atoms with Gasteiger partial charge in [-0.2, -0.15) is 0 Å². The summed E-state index contributed by atoms with van der Waals surface area (Å²) in [4.78, 5) is 0. The summed E-state index contributed by atoms with van der Waals surface area (Å²) in [5.74, 6) is 1.21. The van der Waals surface area contributed by atoms with Gasteiger partial charge in [0.2, 0.25) is 0 Å². The molecular weight excluding hydrogens is 294 g/mol. The summed E-state index contributed by atoms with van der Waals surface area (Å²) in [6, 6.07) is 15.3. The SMILES string of the molecule is Oc1cc2c(cc1-c1ccccc1)C[C@H]1NCC[C@@]23CCCC[C@@H]13. The molecule has 124 valence electrons. The molecule has 0 radical (unpaired) electrons. The lowest BCUT2D eigenvalue weighted by molar-refractivity contribution is 0.0796. The fourth-order valence-electron chi connectivity index (χ4n) is 5.82. The minimum atomic E-state index is 0.314.